The van der Waals surface area contributed by atoms with Gasteiger partial charge < -0.3 is 20.7 Å². The Morgan fingerprint density at radius 3 is 2.17 bits per heavy atom. The number of thioether (sulfide) groups is 1. The van der Waals surface area contributed by atoms with Crippen LogP contribution in [0.4, 0.5) is 11.4 Å². The van der Waals surface area contributed by atoms with Crippen LogP contribution in [-0.2, 0) is 9.59 Å². The first-order chi connectivity index (χ1) is 20.2. The summed E-state index contributed by atoms with van der Waals surface area (Å²) in [5.41, 5.74) is 2.18. The van der Waals surface area contributed by atoms with E-state index in [4.69, 9.17) is 27.9 Å². The molecule has 0 spiro atoms. The van der Waals surface area contributed by atoms with E-state index in [1.54, 1.807) is 117 Å². The molecule has 3 amide bonds. The van der Waals surface area contributed by atoms with Gasteiger partial charge in [-0.3, -0.25) is 14.4 Å². The van der Waals surface area contributed by atoms with Gasteiger partial charge in [-0.1, -0.05) is 53.5 Å². The molecule has 214 valence electrons. The summed E-state index contributed by atoms with van der Waals surface area (Å²) < 4.78 is 5.28. The predicted octanol–water partition coefficient (Wildman–Crippen LogP) is 7.53. The molecule has 0 bridgehead atoms. The molecule has 0 aliphatic heterocycles. The van der Waals surface area contributed by atoms with Crippen molar-refractivity contribution in [3.63, 3.8) is 0 Å². The van der Waals surface area contributed by atoms with Gasteiger partial charge in [0.1, 0.15) is 11.4 Å². The maximum atomic E-state index is 13.3. The summed E-state index contributed by atoms with van der Waals surface area (Å²) in [6.07, 6.45) is 1.58. The zero-order chi connectivity index (χ0) is 30.1. The molecule has 0 saturated carbocycles. The van der Waals surface area contributed by atoms with Crippen LogP contribution in [0.3, 0.4) is 0 Å². The van der Waals surface area contributed by atoms with Gasteiger partial charge >= 0.3 is 0 Å². The third-order valence-corrected chi connectivity index (χ3v) is 7.41. The van der Waals surface area contributed by atoms with Gasteiger partial charge in [0.2, 0.25) is 5.91 Å². The highest BCUT2D eigenvalue weighted by Gasteiger charge is 2.17. The summed E-state index contributed by atoms with van der Waals surface area (Å²) in [6.45, 7) is 1.78. The van der Waals surface area contributed by atoms with Crippen molar-refractivity contribution in [2.45, 2.75) is 17.1 Å². The van der Waals surface area contributed by atoms with E-state index >= 15 is 0 Å². The lowest BCUT2D eigenvalue weighted by Gasteiger charge is -2.14. The number of ether oxygens (including phenoxy) is 1. The minimum atomic E-state index is -0.504. The third kappa shape index (κ3) is 8.88. The minimum Gasteiger partial charge on any atom is -0.497 e. The highest BCUT2D eigenvalue weighted by Crippen LogP contribution is 2.27. The van der Waals surface area contributed by atoms with Crippen LogP contribution >= 0.6 is 35.0 Å². The molecular formula is C32H27Cl2N3O4S. The van der Waals surface area contributed by atoms with Crippen LogP contribution in [0, 0.1) is 0 Å². The molecule has 4 rings (SSSR count). The average Bonchev–Trinajstić information content (AvgIpc) is 2.97. The Hall–Kier alpha value is -4.24. The molecule has 1 unspecified atom stereocenters. The third-order valence-electron chi connectivity index (χ3n) is 5.86. The topological polar surface area (TPSA) is 96.5 Å². The van der Waals surface area contributed by atoms with Gasteiger partial charge in [-0.15, -0.1) is 11.8 Å². The summed E-state index contributed by atoms with van der Waals surface area (Å²) in [5.74, 6) is -0.517. The number of methoxy groups -OCH3 is 1. The maximum Gasteiger partial charge on any atom is 0.272 e. The van der Waals surface area contributed by atoms with E-state index in [0.717, 1.165) is 4.90 Å². The van der Waals surface area contributed by atoms with Gasteiger partial charge in [-0.05, 0) is 85.3 Å². The first-order valence-corrected chi connectivity index (χ1v) is 14.4. The number of rotatable bonds is 10. The lowest BCUT2D eigenvalue weighted by molar-refractivity contribution is -0.115. The molecular weight excluding hydrogens is 593 g/mol. The highest BCUT2D eigenvalue weighted by atomic mass is 35.5. The van der Waals surface area contributed by atoms with Crippen LogP contribution in [-0.4, -0.2) is 30.1 Å². The first kappa shape index (κ1) is 30.7. The summed E-state index contributed by atoms with van der Waals surface area (Å²) in [5, 5.41) is 8.79. The molecule has 0 aromatic heterocycles. The van der Waals surface area contributed by atoms with Crippen molar-refractivity contribution < 1.29 is 19.1 Å². The van der Waals surface area contributed by atoms with E-state index in [0.29, 0.717) is 38.3 Å². The molecule has 0 heterocycles. The van der Waals surface area contributed by atoms with Crippen LogP contribution in [0.15, 0.2) is 108 Å². The smallest absolute Gasteiger partial charge is 0.272 e. The fraction of sp³-hybridized carbons (Fsp3) is 0.0938. The van der Waals surface area contributed by atoms with E-state index in [2.05, 4.69) is 16.0 Å². The van der Waals surface area contributed by atoms with Crippen LogP contribution in [0.5, 0.6) is 5.75 Å². The number of carbonyl (C=O) groups excluding carboxylic acids is 3. The largest absolute Gasteiger partial charge is 0.497 e. The van der Waals surface area contributed by atoms with E-state index in [-0.39, 0.29) is 11.6 Å². The Bertz CT molecular complexity index is 1590. The van der Waals surface area contributed by atoms with Crippen molar-refractivity contribution in [3.8, 4) is 5.75 Å². The van der Waals surface area contributed by atoms with Gasteiger partial charge in [-0.25, -0.2) is 0 Å². The van der Waals surface area contributed by atoms with Gasteiger partial charge in [0.25, 0.3) is 11.8 Å². The van der Waals surface area contributed by atoms with Crippen molar-refractivity contribution in [1.82, 2.24) is 5.32 Å². The van der Waals surface area contributed by atoms with Crippen molar-refractivity contribution in [1.29, 1.82) is 0 Å². The van der Waals surface area contributed by atoms with Gasteiger partial charge in [0.05, 0.1) is 12.4 Å². The molecule has 0 aliphatic carbocycles. The fourth-order valence-corrected chi connectivity index (χ4v) is 5.18. The monoisotopic (exact) mass is 619 g/mol. The molecule has 0 saturated heterocycles. The number of nitrogens with one attached hydrogen (secondary N) is 3. The van der Waals surface area contributed by atoms with Crippen molar-refractivity contribution >= 4 is 70.1 Å². The number of halogens is 2. The lowest BCUT2D eigenvalue weighted by atomic mass is 10.1. The summed E-state index contributed by atoms with van der Waals surface area (Å²) in [4.78, 5) is 39.7. The van der Waals surface area contributed by atoms with Crippen LogP contribution < -0.4 is 20.7 Å². The Labute approximate surface area is 258 Å². The second-order valence-electron chi connectivity index (χ2n) is 9.04. The number of hydrogen-bond donors (Lipinski definition) is 3. The van der Waals surface area contributed by atoms with Gasteiger partial charge in [0.15, 0.2) is 0 Å². The Kier molecular flexibility index (Phi) is 10.7. The Balaban J connectivity index is 1.44. The molecule has 0 aliphatic rings. The summed E-state index contributed by atoms with van der Waals surface area (Å²) in [6, 6.07) is 27.7. The van der Waals surface area contributed by atoms with Crippen molar-refractivity contribution in [3.05, 3.63) is 124 Å². The Morgan fingerprint density at radius 2 is 1.50 bits per heavy atom. The Morgan fingerprint density at radius 1 is 0.810 bits per heavy atom. The number of hydrogen-bond acceptors (Lipinski definition) is 5. The SMILES string of the molecule is COc1cccc(/C=C(\NC(=O)c2ccccc2)C(=O)Nc2ccc(SC(C)C(=O)Nc3cc(Cl)cc(Cl)c3)cc2)c1. The summed E-state index contributed by atoms with van der Waals surface area (Å²) in [7, 11) is 1.55. The molecule has 7 nitrogen and oxygen atoms in total. The highest BCUT2D eigenvalue weighted by molar-refractivity contribution is 8.00. The molecule has 3 N–H and O–H groups in total. The van der Waals surface area contributed by atoms with E-state index < -0.39 is 17.1 Å². The van der Waals surface area contributed by atoms with Crippen LogP contribution in [0.2, 0.25) is 10.0 Å². The van der Waals surface area contributed by atoms with E-state index in [1.807, 2.05) is 0 Å². The predicted molar refractivity (Wildman–Crippen MR) is 170 cm³/mol. The van der Waals surface area contributed by atoms with Crippen LogP contribution in [0.25, 0.3) is 6.08 Å². The number of amides is 3. The van der Waals surface area contributed by atoms with Gasteiger partial charge in [0, 0.05) is 31.9 Å². The quantitative estimate of drug-likeness (QED) is 0.126. The average molecular weight is 621 g/mol. The summed E-state index contributed by atoms with van der Waals surface area (Å²) >= 11 is 13.4. The molecule has 4 aromatic carbocycles. The normalized spacial score (nSPS) is 11.8. The zero-order valence-corrected chi connectivity index (χ0v) is 25.0. The molecule has 0 fully saturated rings. The molecule has 1 atom stereocenters. The second-order valence-corrected chi connectivity index (χ2v) is 11.3. The molecule has 4 aromatic rings. The lowest BCUT2D eigenvalue weighted by Crippen LogP contribution is -2.30. The number of anilines is 2. The molecule has 10 heteroatoms. The van der Waals surface area contributed by atoms with E-state index in [9.17, 15) is 14.4 Å². The standard InChI is InChI=1S/C32H27Cl2N3O4S/c1-20(30(38)36-26-18-23(33)17-24(34)19-26)42-28-13-11-25(12-14-28)35-32(40)29(16-21-7-6-10-27(15-21)41-2)37-31(39)22-8-4-3-5-9-22/h3-20H,1-2H3,(H,35,40)(H,36,38)(H,37,39)/b29-16-. The van der Waals surface area contributed by atoms with Gasteiger partial charge in [-0.2, -0.15) is 0 Å². The molecule has 42 heavy (non-hydrogen) atoms. The fourth-order valence-electron chi connectivity index (χ4n) is 3.78. The second kappa shape index (κ2) is 14.6. The van der Waals surface area contributed by atoms with Crippen molar-refractivity contribution in [2.24, 2.45) is 0 Å². The minimum absolute atomic E-state index is 0.0574. The van der Waals surface area contributed by atoms with Crippen LogP contribution in [0.1, 0.15) is 22.8 Å². The first-order valence-electron chi connectivity index (χ1n) is 12.8. The number of benzene rings is 4. The number of carbonyl (C=O) groups is 3. The van der Waals surface area contributed by atoms with Crippen molar-refractivity contribution in [2.75, 3.05) is 17.7 Å². The zero-order valence-electron chi connectivity index (χ0n) is 22.7. The molecule has 0 radical (unpaired) electrons. The van der Waals surface area contributed by atoms with E-state index in [1.165, 1.54) is 11.8 Å². The maximum absolute atomic E-state index is 13.3.